The van der Waals surface area contributed by atoms with E-state index in [4.69, 9.17) is 4.42 Å². The van der Waals surface area contributed by atoms with Crippen LogP contribution < -0.4 is 10.5 Å². The first-order chi connectivity index (χ1) is 11.1. The maximum absolute atomic E-state index is 12.0. The molecule has 0 spiro atoms. The number of fused-ring (bicyclic) bond motifs is 1. The molecule has 4 nitrogen and oxygen atoms in total. The lowest BCUT2D eigenvalue weighted by atomic mass is 9.97. The Balaban J connectivity index is 2.00. The van der Waals surface area contributed by atoms with Gasteiger partial charge in [0.25, 0.3) is 0 Å². The number of rotatable bonds is 4. The molecule has 0 aliphatic carbocycles. The van der Waals surface area contributed by atoms with Crippen LogP contribution in [0.25, 0.3) is 11.0 Å². The van der Waals surface area contributed by atoms with Gasteiger partial charge in [0.15, 0.2) is 0 Å². The van der Waals surface area contributed by atoms with E-state index in [0.29, 0.717) is 11.6 Å². The normalized spacial score (nSPS) is 21.7. The minimum Gasteiger partial charge on any atom is -0.423 e. The Bertz CT molecular complexity index is 748. The van der Waals surface area contributed by atoms with Crippen LogP contribution in [0.15, 0.2) is 27.4 Å². The van der Waals surface area contributed by atoms with Gasteiger partial charge in [-0.05, 0) is 50.3 Å². The molecule has 1 saturated heterocycles. The molecule has 4 heteroatoms. The van der Waals surface area contributed by atoms with E-state index < -0.39 is 0 Å². The maximum atomic E-state index is 12.0. The molecule has 1 fully saturated rings. The first kappa shape index (κ1) is 16.2. The van der Waals surface area contributed by atoms with Crippen LogP contribution in [0.4, 0.5) is 0 Å². The van der Waals surface area contributed by atoms with E-state index in [1.54, 1.807) is 6.07 Å². The van der Waals surface area contributed by atoms with Gasteiger partial charge in [0.2, 0.25) is 0 Å². The number of aryl methyl sites for hydroxylation is 2. The Kier molecular flexibility index (Phi) is 4.83. The Hall–Kier alpha value is -1.65. The fourth-order valence-corrected chi connectivity index (χ4v) is 4.04. The second-order valence-electron chi connectivity index (χ2n) is 6.84. The highest BCUT2D eigenvalue weighted by molar-refractivity contribution is 5.84. The lowest BCUT2D eigenvalue weighted by Crippen LogP contribution is -3.15. The van der Waals surface area contributed by atoms with Crippen molar-refractivity contribution in [2.45, 2.75) is 52.1 Å². The number of aliphatic hydroxyl groups excluding tert-OH is 1. The minimum absolute atomic E-state index is 0.240. The van der Waals surface area contributed by atoms with Crippen molar-refractivity contribution in [2.75, 3.05) is 13.2 Å². The highest BCUT2D eigenvalue weighted by Crippen LogP contribution is 2.23. The monoisotopic (exact) mass is 316 g/mol. The fourth-order valence-electron chi connectivity index (χ4n) is 4.04. The van der Waals surface area contributed by atoms with Crippen LogP contribution in [0.3, 0.4) is 0 Å². The molecule has 0 amide bonds. The van der Waals surface area contributed by atoms with E-state index in [9.17, 15) is 9.90 Å². The summed E-state index contributed by atoms with van der Waals surface area (Å²) in [6, 6.07) is 6.23. The van der Waals surface area contributed by atoms with Gasteiger partial charge in [-0.3, -0.25) is 0 Å². The van der Waals surface area contributed by atoms with Gasteiger partial charge >= 0.3 is 5.63 Å². The standard InChI is InChI=1S/C19H25NO3/c1-13-9-14(2)19-15(11-18(22)23-17(19)10-13)12-20-7-4-3-5-16(20)6-8-21/h9-11,16,21H,3-8,12H2,1-2H3/p+1/t16-/m1/s1. The number of hydrogen-bond donors (Lipinski definition) is 2. The lowest BCUT2D eigenvalue weighted by Gasteiger charge is -2.32. The van der Waals surface area contributed by atoms with Crippen molar-refractivity contribution >= 4 is 11.0 Å². The molecule has 23 heavy (non-hydrogen) atoms. The zero-order valence-corrected chi connectivity index (χ0v) is 14.0. The third kappa shape index (κ3) is 3.48. The number of likely N-dealkylation sites (tertiary alicyclic amines) is 1. The summed E-state index contributed by atoms with van der Waals surface area (Å²) < 4.78 is 5.42. The van der Waals surface area contributed by atoms with Crippen molar-refractivity contribution in [1.82, 2.24) is 0 Å². The summed E-state index contributed by atoms with van der Waals surface area (Å²) >= 11 is 0. The first-order valence-corrected chi connectivity index (χ1v) is 8.58. The molecule has 2 aromatic rings. The number of hydrogen-bond acceptors (Lipinski definition) is 3. The SMILES string of the molecule is Cc1cc(C)c2c(C[NH+]3CCCC[C@@H]3CCO)cc(=O)oc2c1. The zero-order valence-electron chi connectivity index (χ0n) is 14.0. The number of benzene rings is 1. The van der Waals surface area contributed by atoms with Gasteiger partial charge in [-0.1, -0.05) is 6.07 Å². The van der Waals surface area contributed by atoms with Gasteiger partial charge in [-0.15, -0.1) is 0 Å². The average Bonchev–Trinajstić information content (AvgIpc) is 2.48. The molecule has 124 valence electrons. The van der Waals surface area contributed by atoms with Gasteiger partial charge < -0.3 is 14.4 Å². The van der Waals surface area contributed by atoms with Crippen molar-refractivity contribution in [1.29, 1.82) is 0 Å². The molecule has 1 aromatic heterocycles. The fraction of sp³-hybridized carbons (Fsp3) is 0.526. The van der Waals surface area contributed by atoms with Crippen molar-refractivity contribution in [3.05, 3.63) is 45.3 Å². The molecule has 1 aromatic carbocycles. The molecule has 2 atom stereocenters. The van der Waals surface area contributed by atoms with Crippen molar-refractivity contribution in [3.8, 4) is 0 Å². The Morgan fingerprint density at radius 2 is 2.09 bits per heavy atom. The molecule has 1 aliphatic heterocycles. The minimum atomic E-state index is -0.271. The van der Waals surface area contributed by atoms with E-state index in [-0.39, 0.29) is 12.2 Å². The summed E-state index contributed by atoms with van der Waals surface area (Å²) in [5.41, 5.74) is 3.77. The second-order valence-corrected chi connectivity index (χ2v) is 6.84. The van der Waals surface area contributed by atoms with E-state index in [1.165, 1.54) is 17.7 Å². The van der Waals surface area contributed by atoms with Gasteiger partial charge in [0.1, 0.15) is 12.1 Å². The summed E-state index contributed by atoms with van der Waals surface area (Å²) in [6.07, 6.45) is 4.46. The molecule has 2 heterocycles. The van der Waals surface area contributed by atoms with Gasteiger partial charge in [-0.2, -0.15) is 0 Å². The molecular weight excluding hydrogens is 290 g/mol. The molecule has 0 radical (unpaired) electrons. The first-order valence-electron chi connectivity index (χ1n) is 8.58. The van der Waals surface area contributed by atoms with Crippen LogP contribution >= 0.6 is 0 Å². The van der Waals surface area contributed by atoms with Crippen LogP contribution in [0.5, 0.6) is 0 Å². The summed E-state index contributed by atoms with van der Waals surface area (Å²) in [6.45, 7) is 6.28. The summed E-state index contributed by atoms with van der Waals surface area (Å²) in [5.74, 6) is 0. The summed E-state index contributed by atoms with van der Waals surface area (Å²) in [5, 5.41) is 10.4. The van der Waals surface area contributed by atoms with Gasteiger partial charge in [0.05, 0.1) is 12.6 Å². The maximum Gasteiger partial charge on any atom is 0.336 e. The average molecular weight is 316 g/mol. The summed E-state index contributed by atoms with van der Waals surface area (Å²) in [7, 11) is 0. The molecule has 1 aliphatic rings. The Morgan fingerprint density at radius 1 is 1.26 bits per heavy atom. The topological polar surface area (TPSA) is 54.9 Å². The van der Waals surface area contributed by atoms with Crippen LogP contribution in [-0.4, -0.2) is 24.3 Å². The van der Waals surface area contributed by atoms with Crippen molar-refractivity contribution in [3.63, 3.8) is 0 Å². The van der Waals surface area contributed by atoms with E-state index in [2.05, 4.69) is 13.0 Å². The van der Waals surface area contributed by atoms with E-state index in [0.717, 1.165) is 48.0 Å². The predicted octanol–water partition coefficient (Wildman–Crippen LogP) is 1.73. The van der Waals surface area contributed by atoms with Crippen LogP contribution in [0.2, 0.25) is 0 Å². The smallest absolute Gasteiger partial charge is 0.336 e. The Labute approximate surface area is 136 Å². The van der Waals surface area contributed by atoms with E-state index in [1.807, 2.05) is 13.0 Å². The van der Waals surface area contributed by atoms with Crippen LogP contribution in [-0.2, 0) is 6.54 Å². The largest absolute Gasteiger partial charge is 0.423 e. The molecule has 3 rings (SSSR count). The van der Waals surface area contributed by atoms with Crippen LogP contribution in [0, 0.1) is 13.8 Å². The number of piperidine rings is 1. The van der Waals surface area contributed by atoms with Crippen LogP contribution in [0.1, 0.15) is 42.4 Å². The predicted molar refractivity (Wildman–Crippen MR) is 90.8 cm³/mol. The van der Waals surface area contributed by atoms with Crippen molar-refractivity contribution in [2.24, 2.45) is 0 Å². The second kappa shape index (κ2) is 6.85. The molecule has 0 bridgehead atoms. The van der Waals surface area contributed by atoms with Crippen molar-refractivity contribution < 1.29 is 14.4 Å². The zero-order chi connectivity index (χ0) is 16.4. The quantitative estimate of drug-likeness (QED) is 0.845. The number of quaternary nitrogens is 1. The van der Waals surface area contributed by atoms with Gasteiger partial charge in [0, 0.05) is 30.0 Å². The molecule has 0 saturated carbocycles. The third-order valence-corrected chi connectivity index (χ3v) is 5.04. The molecule has 1 unspecified atom stereocenters. The number of aliphatic hydroxyl groups is 1. The Morgan fingerprint density at radius 3 is 2.87 bits per heavy atom. The summed E-state index contributed by atoms with van der Waals surface area (Å²) in [4.78, 5) is 13.4. The highest BCUT2D eigenvalue weighted by Gasteiger charge is 2.26. The molecule has 2 N–H and O–H groups in total. The third-order valence-electron chi connectivity index (χ3n) is 5.04. The van der Waals surface area contributed by atoms with E-state index >= 15 is 0 Å². The lowest BCUT2D eigenvalue weighted by molar-refractivity contribution is -0.944. The highest BCUT2D eigenvalue weighted by atomic mass is 16.4. The van der Waals surface area contributed by atoms with Gasteiger partial charge in [-0.25, -0.2) is 4.79 Å². The number of nitrogens with one attached hydrogen (secondary N) is 1. The molecular formula is C19H26NO3+.